The maximum atomic E-state index is 13.1. The Bertz CT molecular complexity index is 1370. The standard InChI is InChI=1S/C24H25N5O2/c1-14-17-12-15(24(31)29-11-10-16(13-29)28(2)3)8-9-18(17)25-21(14)22-23(30)27-20-7-5-4-6-19(20)26-22/h4-9,12,16,25H,10-11,13H2,1-3H3,(H,27,30). The highest BCUT2D eigenvalue weighted by Gasteiger charge is 2.28. The fraction of sp³-hybridized carbons (Fsp3) is 0.292. The molecule has 0 aliphatic carbocycles. The van der Waals surface area contributed by atoms with E-state index < -0.39 is 0 Å². The van der Waals surface area contributed by atoms with Gasteiger partial charge in [-0.25, -0.2) is 4.98 Å². The van der Waals surface area contributed by atoms with Crippen LogP contribution in [0.25, 0.3) is 33.3 Å². The van der Waals surface area contributed by atoms with Gasteiger partial charge >= 0.3 is 0 Å². The Morgan fingerprint density at radius 3 is 2.71 bits per heavy atom. The van der Waals surface area contributed by atoms with Crippen LogP contribution < -0.4 is 5.56 Å². The van der Waals surface area contributed by atoms with E-state index in [1.54, 1.807) is 0 Å². The molecule has 2 aromatic heterocycles. The molecular weight excluding hydrogens is 390 g/mol. The Hall–Kier alpha value is -3.45. The largest absolute Gasteiger partial charge is 0.353 e. The summed E-state index contributed by atoms with van der Waals surface area (Å²) < 4.78 is 0. The highest BCUT2D eigenvalue weighted by Crippen LogP contribution is 2.29. The van der Waals surface area contributed by atoms with Gasteiger partial charge in [0.05, 0.1) is 16.7 Å². The van der Waals surface area contributed by atoms with E-state index in [0.29, 0.717) is 28.5 Å². The lowest BCUT2D eigenvalue weighted by molar-refractivity contribution is 0.0783. The van der Waals surface area contributed by atoms with Crippen LogP contribution in [-0.4, -0.2) is 63.9 Å². The summed E-state index contributed by atoms with van der Waals surface area (Å²) in [7, 11) is 4.11. The fourth-order valence-electron chi connectivity index (χ4n) is 4.43. The summed E-state index contributed by atoms with van der Waals surface area (Å²) in [6, 6.07) is 13.6. The number of H-pyrrole nitrogens is 2. The van der Waals surface area contributed by atoms with E-state index in [0.717, 1.165) is 41.5 Å². The first-order valence-electron chi connectivity index (χ1n) is 10.5. The van der Waals surface area contributed by atoms with Gasteiger partial charge in [0.2, 0.25) is 0 Å². The van der Waals surface area contributed by atoms with E-state index in [-0.39, 0.29) is 11.5 Å². The van der Waals surface area contributed by atoms with Gasteiger partial charge in [-0.2, -0.15) is 0 Å². The van der Waals surface area contributed by atoms with Crippen LogP contribution in [0.15, 0.2) is 47.3 Å². The van der Waals surface area contributed by atoms with Crippen molar-refractivity contribution in [2.75, 3.05) is 27.2 Å². The number of fused-ring (bicyclic) bond motifs is 2. The van der Waals surface area contributed by atoms with Crippen molar-refractivity contribution in [2.24, 2.45) is 0 Å². The zero-order valence-electron chi connectivity index (χ0n) is 17.9. The maximum absolute atomic E-state index is 13.1. The van der Waals surface area contributed by atoms with Crippen LogP contribution in [0.4, 0.5) is 0 Å². The first-order valence-corrected chi connectivity index (χ1v) is 10.5. The highest BCUT2D eigenvalue weighted by atomic mass is 16.2. The minimum absolute atomic E-state index is 0.0510. The molecule has 0 spiro atoms. The molecule has 5 rings (SSSR count). The molecule has 0 radical (unpaired) electrons. The molecule has 1 atom stereocenters. The minimum Gasteiger partial charge on any atom is -0.353 e. The van der Waals surface area contributed by atoms with E-state index in [1.165, 1.54) is 0 Å². The predicted octanol–water partition coefficient (Wildman–Crippen LogP) is 3.16. The number of amides is 1. The van der Waals surface area contributed by atoms with Crippen molar-refractivity contribution in [1.82, 2.24) is 24.8 Å². The number of aromatic nitrogens is 3. The van der Waals surface area contributed by atoms with Gasteiger partial charge in [-0.05, 0) is 63.3 Å². The summed E-state index contributed by atoms with van der Waals surface area (Å²) >= 11 is 0. The number of nitrogens with one attached hydrogen (secondary N) is 2. The number of likely N-dealkylation sites (tertiary alicyclic amines) is 1. The third-order valence-corrected chi connectivity index (χ3v) is 6.32. The SMILES string of the molecule is Cc1c(-c2nc3ccccc3[nH]c2=O)[nH]c2ccc(C(=O)N3CCC(N(C)C)C3)cc12. The van der Waals surface area contributed by atoms with Crippen molar-refractivity contribution < 1.29 is 4.79 Å². The number of hydrogen-bond donors (Lipinski definition) is 2. The molecule has 31 heavy (non-hydrogen) atoms. The number of para-hydroxylation sites is 2. The monoisotopic (exact) mass is 415 g/mol. The second-order valence-electron chi connectivity index (χ2n) is 8.47. The molecule has 1 saturated heterocycles. The molecule has 1 aliphatic rings. The number of rotatable bonds is 3. The minimum atomic E-state index is -0.239. The van der Waals surface area contributed by atoms with E-state index in [9.17, 15) is 9.59 Å². The summed E-state index contributed by atoms with van der Waals surface area (Å²) in [4.78, 5) is 40.7. The van der Waals surface area contributed by atoms with Crippen LogP contribution in [0.3, 0.4) is 0 Å². The zero-order chi connectivity index (χ0) is 21.7. The van der Waals surface area contributed by atoms with Gasteiger partial charge in [-0.3, -0.25) is 9.59 Å². The Morgan fingerprint density at radius 2 is 1.94 bits per heavy atom. The van der Waals surface area contributed by atoms with Crippen molar-refractivity contribution in [1.29, 1.82) is 0 Å². The number of likely N-dealkylation sites (N-methyl/N-ethyl adjacent to an activating group) is 1. The van der Waals surface area contributed by atoms with Gasteiger partial charge in [0.25, 0.3) is 11.5 Å². The van der Waals surface area contributed by atoms with Crippen molar-refractivity contribution in [3.8, 4) is 11.4 Å². The second-order valence-corrected chi connectivity index (χ2v) is 8.47. The topological polar surface area (TPSA) is 85.1 Å². The fourth-order valence-corrected chi connectivity index (χ4v) is 4.43. The van der Waals surface area contributed by atoms with Crippen LogP contribution in [0.5, 0.6) is 0 Å². The molecule has 0 bridgehead atoms. The lowest BCUT2D eigenvalue weighted by atomic mass is 10.1. The van der Waals surface area contributed by atoms with Crippen LogP contribution in [-0.2, 0) is 0 Å². The Balaban J connectivity index is 1.53. The molecule has 4 aromatic rings. The Labute approximate surface area is 179 Å². The number of aromatic amines is 2. The van der Waals surface area contributed by atoms with E-state index in [1.807, 2.05) is 54.3 Å². The molecule has 0 saturated carbocycles. The number of carbonyl (C=O) groups is 1. The average Bonchev–Trinajstić information content (AvgIpc) is 3.38. The average molecular weight is 415 g/mol. The van der Waals surface area contributed by atoms with Gasteiger partial charge < -0.3 is 19.8 Å². The van der Waals surface area contributed by atoms with Crippen molar-refractivity contribution in [3.05, 3.63) is 63.9 Å². The summed E-state index contributed by atoms with van der Waals surface area (Å²) in [6.07, 6.45) is 0.991. The Kier molecular flexibility index (Phi) is 4.63. The van der Waals surface area contributed by atoms with Gasteiger partial charge in [-0.15, -0.1) is 0 Å². The molecule has 2 aromatic carbocycles. The van der Waals surface area contributed by atoms with Crippen LogP contribution in [0.1, 0.15) is 22.3 Å². The van der Waals surface area contributed by atoms with E-state index in [4.69, 9.17) is 0 Å². The van der Waals surface area contributed by atoms with E-state index >= 15 is 0 Å². The lowest BCUT2D eigenvalue weighted by Gasteiger charge is -2.20. The summed E-state index contributed by atoms with van der Waals surface area (Å²) in [6.45, 7) is 3.47. The molecule has 7 nitrogen and oxygen atoms in total. The van der Waals surface area contributed by atoms with Crippen LogP contribution in [0, 0.1) is 6.92 Å². The Morgan fingerprint density at radius 1 is 1.13 bits per heavy atom. The first kappa shape index (κ1) is 19.5. The van der Waals surface area contributed by atoms with Crippen molar-refractivity contribution in [3.63, 3.8) is 0 Å². The van der Waals surface area contributed by atoms with Crippen LogP contribution in [0.2, 0.25) is 0 Å². The van der Waals surface area contributed by atoms with Gasteiger partial charge in [-0.1, -0.05) is 12.1 Å². The van der Waals surface area contributed by atoms with Gasteiger partial charge in [0.1, 0.15) is 0 Å². The third-order valence-electron chi connectivity index (χ3n) is 6.32. The summed E-state index contributed by atoms with van der Waals surface area (Å²) in [5, 5.41) is 0.929. The van der Waals surface area contributed by atoms with Crippen molar-refractivity contribution >= 4 is 27.8 Å². The molecule has 1 unspecified atom stereocenters. The van der Waals surface area contributed by atoms with Gasteiger partial charge in [0, 0.05) is 35.6 Å². The smallest absolute Gasteiger partial charge is 0.276 e. The first-order chi connectivity index (χ1) is 14.9. The van der Waals surface area contributed by atoms with Crippen LogP contribution >= 0.6 is 0 Å². The zero-order valence-corrected chi connectivity index (χ0v) is 17.9. The quantitative estimate of drug-likeness (QED) is 0.538. The lowest BCUT2D eigenvalue weighted by Crippen LogP contribution is -2.34. The number of aryl methyl sites for hydroxylation is 1. The molecule has 1 fully saturated rings. The predicted molar refractivity (Wildman–Crippen MR) is 122 cm³/mol. The molecule has 158 valence electrons. The summed E-state index contributed by atoms with van der Waals surface area (Å²) in [5.41, 5.74) is 4.69. The molecule has 1 amide bonds. The highest BCUT2D eigenvalue weighted by molar-refractivity contribution is 6.00. The molecule has 3 heterocycles. The summed E-state index contributed by atoms with van der Waals surface area (Å²) in [5.74, 6) is 0.0510. The molecular formula is C24H25N5O2. The number of carbonyl (C=O) groups excluding carboxylic acids is 1. The third kappa shape index (κ3) is 3.31. The second kappa shape index (κ2) is 7.35. The number of hydrogen-bond acceptors (Lipinski definition) is 4. The normalized spacial score (nSPS) is 16.6. The van der Waals surface area contributed by atoms with Crippen molar-refractivity contribution in [2.45, 2.75) is 19.4 Å². The molecule has 1 aliphatic heterocycles. The molecule has 7 heteroatoms. The number of benzene rings is 2. The number of nitrogens with zero attached hydrogens (tertiary/aromatic N) is 3. The maximum Gasteiger partial charge on any atom is 0.276 e. The van der Waals surface area contributed by atoms with Gasteiger partial charge in [0.15, 0.2) is 5.69 Å². The molecule has 2 N–H and O–H groups in total. The van der Waals surface area contributed by atoms with E-state index in [2.05, 4.69) is 33.9 Å².